The molecule has 1 fully saturated rings. The van der Waals surface area contributed by atoms with E-state index in [9.17, 15) is 9.59 Å². The number of furan rings is 1. The molecule has 5 nitrogen and oxygen atoms in total. The summed E-state index contributed by atoms with van der Waals surface area (Å²) in [5.74, 6) is 2.07. The van der Waals surface area contributed by atoms with Gasteiger partial charge >= 0.3 is 0 Å². The van der Waals surface area contributed by atoms with Gasteiger partial charge in [0.25, 0.3) is 0 Å². The molecule has 2 amide bonds. The van der Waals surface area contributed by atoms with Crippen molar-refractivity contribution in [1.82, 2.24) is 4.90 Å². The van der Waals surface area contributed by atoms with Gasteiger partial charge in [-0.15, -0.1) is 0 Å². The van der Waals surface area contributed by atoms with Crippen LogP contribution in [0.25, 0.3) is 11.3 Å². The molecule has 1 saturated carbocycles. The zero-order valence-corrected chi connectivity index (χ0v) is 18.3. The highest BCUT2D eigenvalue weighted by molar-refractivity contribution is 5.96. The van der Waals surface area contributed by atoms with Crippen molar-refractivity contribution in [2.75, 3.05) is 11.9 Å². The Morgan fingerprint density at radius 3 is 2.66 bits per heavy atom. The number of nitrogens with one attached hydrogen (secondary N) is 1. The summed E-state index contributed by atoms with van der Waals surface area (Å²) in [5.41, 5.74) is 3.78. The molecule has 1 atom stereocenters. The third kappa shape index (κ3) is 4.20. The van der Waals surface area contributed by atoms with Gasteiger partial charge < -0.3 is 14.6 Å². The normalized spacial score (nSPS) is 16.3. The maximum absolute atomic E-state index is 12.9. The molecule has 0 spiro atoms. The third-order valence-corrected chi connectivity index (χ3v) is 6.45. The molecule has 5 rings (SSSR count). The summed E-state index contributed by atoms with van der Waals surface area (Å²) in [6.45, 7) is 3.38. The Hall–Kier alpha value is -3.34. The van der Waals surface area contributed by atoms with Crippen molar-refractivity contribution in [3.8, 4) is 11.3 Å². The SMILES string of the molecule is CCC(C(=O)Nc1cccc(-c2cc3c(o2)CCN(C(=O)C2CC2)C3)c1)c1ccccc1. The second-order valence-electron chi connectivity index (χ2n) is 8.78. The van der Waals surface area contributed by atoms with E-state index in [4.69, 9.17) is 4.42 Å². The van der Waals surface area contributed by atoms with E-state index in [0.717, 1.165) is 66.1 Å². The van der Waals surface area contributed by atoms with Crippen LogP contribution in [0.3, 0.4) is 0 Å². The van der Waals surface area contributed by atoms with E-state index in [1.807, 2.05) is 72.5 Å². The lowest BCUT2D eigenvalue weighted by Crippen LogP contribution is -2.36. The molecule has 2 aliphatic rings. The van der Waals surface area contributed by atoms with Gasteiger partial charge in [0.15, 0.2) is 0 Å². The predicted molar refractivity (Wildman–Crippen MR) is 124 cm³/mol. The average molecular weight is 429 g/mol. The molecule has 1 N–H and O–H groups in total. The summed E-state index contributed by atoms with van der Waals surface area (Å²) in [6.07, 6.45) is 3.54. The van der Waals surface area contributed by atoms with Crippen LogP contribution in [-0.2, 0) is 22.6 Å². The van der Waals surface area contributed by atoms with E-state index >= 15 is 0 Å². The Bertz CT molecular complexity index is 1130. The van der Waals surface area contributed by atoms with Crippen LogP contribution in [0.15, 0.2) is 65.1 Å². The van der Waals surface area contributed by atoms with Crippen molar-refractivity contribution in [2.24, 2.45) is 5.92 Å². The van der Waals surface area contributed by atoms with E-state index in [1.54, 1.807) is 0 Å². The molecule has 0 bridgehead atoms. The fourth-order valence-corrected chi connectivity index (χ4v) is 4.49. The summed E-state index contributed by atoms with van der Waals surface area (Å²) in [6, 6.07) is 19.7. The molecule has 2 heterocycles. The highest BCUT2D eigenvalue weighted by atomic mass is 16.3. The number of anilines is 1. The molecule has 3 aromatic rings. The van der Waals surface area contributed by atoms with Gasteiger partial charge in [-0.05, 0) is 43.0 Å². The molecular formula is C27H28N2O3. The Balaban J connectivity index is 1.31. The molecule has 5 heteroatoms. The van der Waals surface area contributed by atoms with E-state index in [-0.39, 0.29) is 23.7 Å². The summed E-state index contributed by atoms with van der Waals surface area (Å²) >= 11 is 0. The summed E-state index contributed by atoms with van der Waals surface area (Å²) in [7, 11) is 0. The van der Waals surface area contributed by atoms with Crippen LogP contribution in [0.4, 0.5) is 5.69 Å². The van der Waals surface area contributed by atoms with Gasteiger partial charge in [0, 0.05) is 42.2 Å². The average Bonchev–Trinajstić information content (AvgIpc) is 3.58. The molecule has 2 aromatic carbocycles. The Morgan fingerprint density at radius 2 is 1.91 bits per heavy atom. The van der Waals surface area contributed by atoms with E-state index in [2.05, 4.69) is 5.32 Å². The minimum atomic E-state index is -0.189. The number of benzene rings is 2. The highest BCUT2D eigenvalue weighted by Gasteiger charge is 2.35. The fourth-order valence-electron chi connectivity index (χ4n) is 4.49. The zero-order chi connectivity index (χ0) is 22.1. The Kier molecular flexibility index (Phi) is 5.56. The molecule has 1 aliphatic carbocycles. The molecule has 32 heavy (non-hydrogen) atoms. The van der Waals surface area contributed by atoms with Gasteiger partial charge in [-0.1, -0.05) is 49.4 Å². The maximum atomic E-state index is 12.9. The van der Waals surface area contributed by atoms with Crippen molar-refractivity contribution in [2.45, 2.75) is 45.1 Å². The van der Waals surface area contributed by atoms with Crippen molar-refractivity contribution in [3.05, 3.63) is 77.6 Å². The smallest absolute Gasteiger partial charge is 0.231 e. The largest absolute Gasteiger partial charge is 0.461 e. The second-order valence-corrected chi connectivity index (χ2v) is 8.78. The van der Waals surface area contributed by atoms with Gasteiger partial charge in [0.05, 0.1) is 5.92 Å². The van der Waals surface area contributed by atoms with Crippen LogP contribution >= 0.6 is 0 Å². The number of fused-ring (bicyclic) bond motifs is 1. The van der Waals surface area contributed by atoms with Gasteiger partial charge in [-0.2, -0.15) is 0 Å². The van der Waals surface area contributed by atoms with Gasteiger partial charge in [0.1, 0.15) is 11.5 Å². The number of carbonyl (C=O) groups is 2. The lowest BCUT2D eigenvalue weighted by atomic mass is 9.95. The monoisotopic (exact) mass is 428 g/mol. The van der Waals surface area contributed by atoms with Crippen LogP contribution in [0.5, 0.6) is 0 Å². The highest BCUT2D eigenvalue weighted by Crippen LogP contribution is 2.35. The lowest BCUT2D eigenvalue weighted by molar-refractivity contribution is -0.133. The molecule has 0 radical (unpaired) electrons. The van der Waals surface area contributed by atoms with Crippen LogP contribution in [0.1, 0.15) is 49.0 Å². The van der Waals surface area contributed by atoms with E-state index in [1.165, 1.54) is 0 Å². The van der Waals surface area contributed by atoms with Crippen LogP contribution in [-0.4, -0.2) is 23.3 Å². The van der Waals surface area contributed by atoms with Crippen molar-refractivity contribution >= 4 is 17.5 Å². The minimum Gasteiger partial charge on any atom is -0.461 e. The molecule has 1 aromatic heterocycles. The first-order chi connectivity index (χ1) is 15.6. The minimum absolute atomic E-state index is 0.0104. The molecule has 1 aliphatic heterocycles. The molecule has 164 valence electrons. The maximum Gasteiger partial charge on any atom is 0.231 e. The first-order valence-corrected chi connectivity index (χ1v) is 11.5. The number of rotatable bonds is 6. The van der Waals surface area contributed by atoms with Crippen molar-refractivity contribution in [3.63, 3.8) is 0 Å². The lowest BCUT2D eigenvalue weighted by Gasteiger charge is -2.26. The van der Waals surface area contributed by atoms with Gasteiger partial charge in [0.2, 0.25) is 11.8 Å². The zero-order valence-electron chi connectivity index (χ0n) is 18.3. The number of hydrogen-bond acceptors (Lipinski definition) is 3. The number of amides is 2. The first kappa shape index (κ1) is 20.6. The van der Waals surface area contributed by atoms with Gasteiger partial charge in [-0.25, -0.2) is 0 Å². The molecular weight excluding hydrogens is 400 g/mol. The molecule has 0 saturated heterocycles. The van der Waals surface area contributed by atoms with E-state index in [0.29, 0.717) is 6.54 Å². The number of nitrogens with zero attached hydrogens (tertiary/aromatic N) is 1. The topological polar surface area (TPSA) is 62.6 Å². The van der Waals surface area contributed by atoms with E-state index < -0.39 is 0 Å². The standard InChI is InChI=1S/C27H28N2O3/c1-2-23(18-7-4-3-5-8-18)26(30)28-22-10-6-9-20(15-22)25-16-21-17-29(14-13-24(21)32-25)27(31)19-11-12-19/h3-10,15-16,19,23H,2,11-14,17H2,1H3,(H,28,30). The summed E-state index contributed by atoms with van der Waals surface area (Å²) < 4.78 is 6.14. The van der Waals surface area contributed by atoms with Crippen molar-refractivity contribution in [1.29, 1.82) is 0 Å². The Morgan fingerprint density at radius 1 is 1.09 bits per heavy atom. The van der Waals surface area contributed by atoms with Crippen LogP contribution < -0.4 is 5.32 Å². The van der Waals surface area contributed by atoms with Crippen LogP contribution in [0.2, 0.25) is 0 Å². The predicted octanol–water partition coefficient (Wildman–Crippen LogP) is 5.37. The molecule has 1 unspecified atom stereocenters. The number of carbonyl (C=O) groups excluding carboxylic acids is 2. The third-order valence-electron chi connectivity index (χ3n) is 6.45. The summed E-state index contributed by atoms with van der Waals surface area (Å²) in [4.78, 5) is 27.3. The van der Waals surface area contributed by atoms with Gasteiger partial charge in [-0.3, -0.25) is 9.59 Å². The fraction of sp³-hybridized carbons (Fsp3) is 0.333. The second kappa shape index (κ2) is 8.65. The van der Waals surface area contributed by atoms with Crippen LogP contribution in [0, 0.1) is 5.92 Å². The summed E-state index contributed by atoms with van der Waals surface area (Å²) in [5, 5.41) is 3.07. The van der Waals surface area contributed by atoms with Crippen molar-refractivity contribution < 1.29 is 14.0 Å². The first-order valence-electron chi connectivity index (χ1n) is 11.5. The quantitative estimate of drug-likeness (QED) is 0.574. The Labute approximate surface area is 188 Å². The number of hydrogen-bond donors (Lipinski definition) is 1.